The van der Waals surface area contributed by atoms with Crippen LogP contribution >= 0.6 is 27.7 Å². The Morgan fingerprint density at radius 3 is 2.74 bits per heavy atom. The van der Waals surface area contributed by atoms with E-state index in [2.05, 4.69) is 64.6 Å². The van der Waals surface area contributed by atoms with Crippen molar-refractivity contribution in [2.45, 2.75) is 38.0 Å². The van der Waals surface area contributed by atoms with Crippen LogP contribution in [-0.4, -0.2) is 23.6 Å². The lowest BCUT2D eigenvalue weighted by molar-refractivity contribution is 0.637. The van der Waals surface area contributed by atoms with Crippen LogP contribution in [0.15, 0.2) is 22.7 Å². The first-order valence-corrected chi connectivity index (χ1v) is 8.61. The highest BCUT2D eigenvalue weighted by Gasteiger charge is 2.24. The minimum atomic E-state index is 0.0713. The normalized spacial score (nSPS) is 21.0. The predicted octanol–water partition coefficient (Wildman–Crippen LogP) is 4.19. The monoisotopic (exact) mass is 342 g/mol. The first kappa shape index (κ1) is 15.2. The molecule has 2 N–H and O–H groups in total. The van der Waals surface area contributed by atoms with Crippen LogP contribution in [0, 0.1) is 0 Å². The van der Waals surface area contributed by atoms with E-state index < -0.39 is 0 Å². The molecule has 1 aliphatic heterocycles. The minimum absolute atomic E-state index is 0.0713. The third-order valence-corrected chi connectivity index (χ3v) is 5.74. The van der Waals surface area contributed by atoms with Gasteiger partial charge in [-0.15, -0.1) is 0 Å². The molecule has 19 heavy (non-hydrogen) atoms. The van der Waals surface area contributed by atoms with Crippen LogP contribution in [0.3, 0.4) is 0 Å². The van der Waals surface area contributed by atoms with Crippen molar-refractivity contribution < 1.29 is 0 Å². The highest BCUT2D eigenvalue weighted by atomic mass is 79.9. The van der Waals surface area contributed by atoms with Crippen LogP contribution in [0.4, 0.5) is 5.69 Å². The van der Waals surface area contributed by atoms with E-state index in [9.17, 15) is 0 Å². The van der Waals surface area contributed by atoms with Crippen molar-refractivity contribution in [3.05, 3.63) is 28.2 Å². The Kier molecular flexibility index (Phi) is 4.85. The summed E-state index contributed by atoms with van der Waals surface area (Å²) in [4.78, 5) is 2.48. The van der Waals surface area contributed by atoms with E-state index in [0.29, 0.717) is 4.75 Å². The number of hydrogen-bond donors (Lipinski definition) is 1. The molecule has 0 bridgehead atoms. The van der Waals surface area contributed by atoms with Gasteiger partial charge in [-0.2, -0.15) is 11.8 Å². The van der Waals surface area contributed by atoms with Crippen molar-refractivity contribution >= 4 is 33.4 Å². The van der Waals surface area contributed by atoms with E-state index in [-0.39, 0.29) is 6.04 Å². The summed E-state index contributed by atoms with van der Waals surface area (Å²) in [7, 11) is 0. The number of thioether (sulfide) groups is 1. The maximum Gasteiger partial charge on any atom is 0.0378 e. The second-order valence-corrected chi connectivity index (χ2v) is 8.50. The molecule has 1 aromatic carbocycles. The molecule has 0 aromatic heterocycles. The molecule has 0 aliphatic carbocycles. The van der Waals surface area contributed by atoms with Crippen molar-refractivity contribution in [3.63, 3.8) is 0 Å². The summed E-state index contributed by atoms with van der Waals surface area (Å²) in [6.07, 6.45) is 1.23. The maximum atomic E-state index is 5.96. The minimum Gasteiger partial charge on any atom is -0.371 e. The topological polar surface area (TPSA) is 29.3 Å². The van der Waals surface area contributed by atoms with Gasteiger partial charge in [0.2, 0.25) is 0 Å². The Morgan fingerprint density at radius 1 is 1.37 bits per heavy atom. The number of halogens is 1. The molecule has 0 amide bonds. The van der Waals surface area contributed by atoms with Crippen LogP contribution in [0.1, 0.15) is 38.8 Å². The lowest BCUT2D eigenvalue weighted by atomic mass is 10.1. The molecule has 4 heteroatoms. The summed E-state index contributed by atoms with van der Waals surface area (Å²) in [6, 6.07) is 6.63. The molecule has 1 heterocycles. The third kappa shape index (κ3) is 3.89. The van der Waals surface area contributed by atoms with E-state index in [1.54, 1.807) is 0 Å². The van der Waals surface area contributed by atoms with E-state index >= 15 is 0 Å². The summed E-state index contributed by atoms with van der Waals surface area (Å²) in [5.41, 5.74) is 8.43. The molecular formula is C15H23BrN2S. The second-order valence-electron chi connectivity index (χ2n) is 5.84. The van der Waals surface area contributed by atoms with Gasteiger partial charge in [-0.3, -0.25) is 0 Å². The van der Waals surface area contributed by atoms with Crippen LogP contribution < -0.4 is 10.6 Å². The molecule has 106 valence electrons. The first-order chi connectivity index (χ1) is 8.89. The fraction of sp³-hybridized carbons (Fsp3) is 0.600. The molecule has 1 saturated heterocycles. The maximum absolute atomic E-state index is 5.96. The molecule has 2 rings (SSSR count). The van der Waals surface area contributed by atoms with E-state index in [4.69, 9.17) is 5.73 Å². The molecule has 1 aromatic rings. The fourth-order valence-electron chi connectivity index (χ4n) is 2.36. The second kappa shape index (κ2) is 6.06. The quantitative estimate of drug-likeness (QED) is 0.873. The van der Waals surface area contributed by atoms with Gasteiger partial charge in [-0.1, -0.05) is 35.8 Å². The molecule has 1 atom stereocenters. The zero-order valence-corrected chi connectivity index (χ0v) is 14.4. The number of benzene rings is 1. The Balaban J connectivity index is 2.16. The first-order valence-electron chi connectivity index (χ1n) is 6.83. The predicted molar refractivity (Wildman–Crippen MR) is 90.1 cm³/mol. The lowest BCUT2D eigenvalue weighted by Gasteiger charge is -2.25. The van der Waals surface area contributed by atoms with Crippen molar-refractivity contribution in [2.75, 3.05) is 23.7 Å². The third-order valence-electron chi connectivity index (χ3n) is 3.68. The number of nitrogens with zero attached hydrogens (tertiary/aromatic N) is 1. The summed E-state index contributed by atoms with van der Waals surface area (Å²) in [6.45, 7) is 8.96. The summed E-state index contributed by atoms with van der Waals surface area (Å²) in [5, 5.41) is 0. The number of rotatable bonds is 2. The molecule has 1 aliphatic rings. The van der Waals surface area contributed by atoms with Crippen molar-refractivity contribution in [3.8, 4) is 0 Å². The van der Waals surface area contributed by atoms with Crippen molar-refractivity contribution in [1.82, 2.24) is 0 Å². The standard InChI is InChI=1S/C15H23BrN2S/c1-11(17)13-5-4-12(10-14(13)16)18-7-6-15(2,3)19-9-8-18/h4-5,10-11H,6-9,17H2,1-3H3. The van der Waals surface area contributed by atoms with Crippen molar-refractivity contribution in [2.24, 2.45) is 5.73 Å². The Labute approximate surface area is 129 Å². The van der Waals surface area contributed by atoms with Gasteiger partial charge < -0.3 is 10.6 Å². The van der Waals surface area contributed by atoms with Gasteiger partial charge in [0.1, 0.15) is 0 Å². The summed E-state index contributed by atoms with van der Waals surface area (Å²) < 4.78 is 1.52. The van der Waals surface area contributed by atoms with Crippen LogP contribution in [0.2, 0.25) is 0 Å². The fourth-order valence-corrected chi connectivity index (χ4v) is 4.19. The van der Waals surface area contributed by atoms with E-state index in [0.717, 1.165) is 17.6 Å². The molecule has 2 nitrogen and oxygen atoms in total. The largest absolute Gasteiger partial charge is 0.371 e. The van der Waals surface area contributed by atoms with Crippen LogP contribution in [0.5, 0.6) is 0 Å². The molecule has 0 radical (unpaired) electrons. The Bertz CT molecular complexity index is 446. The van der Waals surface area contributed by atoms with Gasteiger partial charge in [0.25, 0.3) is 0 Å². The molecular weight excluding hydrogens is 320 g/mol. The van der Waals surface area contributed by atoms with E-state index in [1.807, 2.05) is 6.92 Å². The zero-order valence-electron chi connectivity index (χ0n) is 11.9. The van der Waals surface area contributed by atoms with Crippen LogP contribution in [-0.2, 0) is 0 Å². The van der Waals surface area contributed by atoms with Gasteiger partial charge in [0.15, 0.2) is 0 Å². The van der Waals surface area contributed by atoms with E-state index in [1.165, 1.54) is 23.4 Å². The molecule has 0 saturated carbocycles. The Hall–Kier alpha value is -0.190. The lowest BCUT2D eigenvalue weighted by Crippen LogP contribution is -2.27. The molecule has 1 unspecified atom stereocenters. The number of hydrogen-bond acceptors (Lipinski definition) is 3. The highest BCUT2D eigenvalue weighted by Crippen LogP contribution is 2.33. The summed E-state index contributed by atoms with van der Waals surface area (Å²) in [5.74, 6) is 1.19. The average Bonchev–Trinajstić information content (AvgIpc) is 2.49. The number of anilines is 1. The van der Waals surface area contributed by atoms with Crippen LogP contribution in [0.25, 0.3) is 0 Å². The Morgan fingerprint density at radius 2 is 2.11 bits per heavy atom. The van der Waals surface area contributed by atoms with Crippen molar-refractivity contribution in [1.29, 1.82) is 0 Å². The van der Waals surface area contributed by atoms with Gasteiger partial charge in [-0.25, -0.2) is 0 Å². The zero-order chi connectivity index (χ0) is 14.0. The smallest absolute Gasteiger partial charge is 0.0378 e. The number of nitrogens with two attached hydrogens (primary N) is 1. The SMILES string of the molecule is CC(N)c1ccc(N2CCSC(C)(C)CC2)cc1Br. The van der Waals surface area contributed by atoms with Gasteiger partial charge in [-0.05, 0) is 31.0 Å². The average molecular weight is 343 g/mol. The highest BCUT2D eigenvalue weighted by molar-refractivity contribution is 9.10. The summed E-state index contributed by atoms with van der Waals surface area (Å²) >= 11 is 5.72. The van der Waals surface area contributed by atoms with Gasteiger partial charge >= 0.3 is 0 Å². The molecule has 1 fully saturated rings. The molecule has 0 spiro atoms. The van der Waals surface area contributed by atoms with Gasteiger partial charge in [0.05, 0.1) is 0 Å². The van der Waals surface area contributed by atoms with Gasteiger partial charge in [0, 0.05) is 39.8 Å².